The molecule has 1 aliphatic rings. The molecule has 16 heavy (non-hydrogen) atoms. The van der Waals surface area contributed by atoms with E-state index in [0.717, 1.165) is 28.1 Å². The summed E-state index contributed by atoms with van der Waals surface area (Å²) in [5.41, 5.74) is 1.04. The normalized spacial score (nSPS) is 20.7. The monoisotopic (exact) mass is 352 g/mol. The van der Waals surface area contributed by atoms with Gasteiger partial charge in [-0.2, -0.15) is 0 Å². The topological polar surface area (TPSA) is 35.0 Å². The summed E-state index contributed by atoms with van der Waals surface area (Å²) in [7, 11) is 0. The van der Waals surface area contributed by atoms with E-state index in [0.29, 0.717) is 23.6 Å². The Morgan fingerprint density at radius 1 is 1.44 bits per heavy atom. The maximum atomic E-state index is 6.14. The van der Waals surface area contributed by atoms with Gasteiger partial charge in [-0.15, -0.1) is 0 Å². The first kappa shape index (κ1) is 12.5. The van der Waals surface area contributed by atoms with E-state index in [1.165, 1.54) is 0 Å². The first-order valence-corrected chi connectivity index (χ1v) is 6.86. The average molecular weight is 353 g/mol. The van der Waals surface area contributed by atoms with E-state index in [2.05, 4.69) is 46.4 Å². The van der Waals surface area contributed by atoms with Crippen molar-refractivity contribution in [1.82, 2.24) is 9.97 Å². The molecule has 5 heteroatoms. The molecule has 0 aromatic carbocycles. The van der Waals surface area contributed by atoms with Crippen LogP contribution in [0, 0.1) is 3.57 Å². The molecule has 3 nitrogen and oxygen atoms in total. The number of aromatic nitrogens is 2. The Morgan fingerprint density at radius 3 is 2.75 bits per heavy atom. The van der Waals surface area contributed by atoms with Crippen molar-refractivity contribution in [2.75, 3.05) is 13.2 Å². The second-order valence-electron chi connectivity index (χ2n) is 4.29. The van der Waals surface area contributed by atoms with Crippen LogP contribution in [0.2, 0.25) is 5.15 Å². The Morgan fingerprint density at radius 2 is 2.19 bits per heavy atom. The molecule has 1 aromatic rings. The summed E-state index contributed by atoms with van der Waals surface area (Å²) < 4.78 is 6.33. The number of halogens is 2. The zero-order chi connectivity index (χ0) is 11.7. The zero-order valence-electron chi connectivity index (χ0n) is 9.33. The van der Waals surface area contributed by atoms with Crippen LogP contribution in [-0.2, 0) is 4.74 Å². The molecule has 0 bridgehead atoms. The minimum absolute atomic E-state index is 0.312. The molecule has 1 unspecified atom stereocenters. The number of hydrogen-bond donors (Lipinski definition) is 0. The van der Waals surface area contributed by atoms with Gasteiger partial charge in [0.05, 0.1) is 15.9 Å². The standard InChI is InChI=1S/C11H14ClIN2O/c1-6(2)9-8(13)10(12)15-11(14-9)7-3-4-16-5-7/h6-7H,3-5H2,1-2H3. The van der Waals surface area contributed by atoms with Gasteiger partial charge in [-0.3, -0.25) is 0 Å². The highest BCUT2D eigenvalue weighted by Gasteiger charge is 2.23. The van der Waals surface area contributed by atoms with Crippen LogP contribution in [-0.4, -0.2) is 23.2 Å². The van der Waals surface area contributed by atoms with Gasteiger partial charge in [0, 0.05) is 12.5 Å². The lowest BCUT2D eigenvalue weighted by Crippen LogP contribution is -2.09. The van der Waals surface area contributed by atoms with Crippen LogP contribution in [0.15, 0.2) is 0 Å². The first-order valence-electron chi connectivity index (χ1n) is 5.40. The molecule has 1 atom stereocenters. The Hall–Kier alpha value is 0.0600. The number of ether oxygens (including phenoxy) is 1. The second kappa shape index (κ2) is 5.14. The number of hydrogen-bond acceptors (Lipinski definition) is 3. The summed E-state index contributed by atoms with van der Waals surface area (Å²) >= 11 is 8.35. The van der Waals surface area contributed by atoms with Crippen molar-refractivity contribution < 1.29 is 4.74 Å². The molecule has 88 valence electrons. The molecule has 0 radical (unpaired) electrons. The fourth-order valence-corrected chi connectivity index (χ4v) is 2.80. The average Bonchev–Trinajstić information content (AvgIpc) is 2.74. The van der Waals surface area contributed by atoms with Crippen molar-refractivity contribution in [1.29, 1.82) is 0 Å². The highest BCUT2D eigenvalue weighted by molar-refractivity contribution is 14.1. The van der Waals surface area contributed by atoms with E-state index >= 15 is 0 Å². The van der Waals surface area contributed by atoms with E-state index < -0.39 is 0 Å². The van der Waals surface area contributed by atoms with Gasteiger partial charge >= 0.3 is 0 Å². The maximum absolute atomic E-state index is 6.14. The van der Waals surface area contributed by atoms with Gasteiger partial charge in [0.25, 0.3) is 0 Å². The lowest BCUT2D eigenvalue weighted by molar-refractivity contribution is 0.193. The zero-order valence-corrected chi connectivity index (χ0v) is 12.2. The minimum atomic E-state index is 0.312. The summed E-state index contributed by atoms with van der Waals surface area (Å²) in [4.78, 5) is 9.00. The van der Waals surface area contributed by atoms with Crippen LogP contribution >= 0.6 is 34.2 Å². The summed E-state index contributed by atoms with van der Waals surface area (Å²) in [6.45, 7) is 5.76. The fourth-order valence-electron chi connectivity index (χ4n) is 1.76. The molecule has 1 saturated heterocycles. The van der Waals surface area contributed by atoms with Crippen molar-refractivity contribution in [3.8, 4) is 0 Å². The van der Waals surface area contributed by atoms with Gasteiger partial charge in [-0.05, 0) is 34.9 Å². The quantitative estimate of drug-likeness (QED) is 0.605. The smallest absolute Gasteiger partial charge is 0.146 e. The highest BCUT2D eigenvalue weighted by atomic mass is 127. The molecule has 1 aromatic heterocycles. The third kappa shape index (κ3) is 2.49. The van der Waals surface area contributed by atoms with Crippen molar-refractivity contribution in [2.45, 2.75) is 32.1 Å². The van der Waals surface area contributed by atoms with Gasteiger partial charge < -0.3 is 4.74 Å². The SMILES string of the molecule is CC(C)c1nc(C2CCOC2)nc(Cl)c1I. The van der Waals surface area contributed by atoms with Crippen LogP contribution in [0.25, 0.3) is 0 Å². The lowest BCUT2D eigenvalue weighted by Gasteiger charge is -2.13. The fraction of sp³-hybridized carbons (Fsp3) is 0.636. The lowest BCUT2D eigenvalue weighted by atomic mass is 10.1. The largest absolute Gasteiger partial charge is 0.381 e. The van der Waals surface area contributed by atoms with E-state index in [1.54, 1.807) is 0 Å². The van der Waals surface area contributed by atoms with Crippen LogP contribution < -0.4 is 0 Å². The Bertz CT molecular complexity index is 392. The van der Waals surface area contributed by atoms with Crippen LogP contribution in [0.5, 0.6) is 0 Å². The summed E-state index contributed by atoms with van der Waals surface area (Å²) in [5, 5.41) is 0.571. The van der Waals surface area contributed by atoms with Gasteiger partial charge in [0.2, 0.25) is 0 Å². The molecule has 0 spiro atoms. The summed E-state index contributed by atoms with van der Waals surface area (Å²) in [6, 6.07) is 0. The van der Waals surface area contributed by atoms with E-state index in [4.69, 9.17) is 16.3 Å². The predicted octanol–water partition coefficient (Wildman–Crippen LogP) is 3.36. The third-order valence-electron chi connectivity index (χ3n) is 2.70. The molecule has 2 heterocycles. The molecule has 0 amide bonds. The van der Waals surface area contributed by atoms with Crippen molar-refractivity contribution in [2.24, 2.45) is 0 Å². The molecule has 0 N–H and O–H groups in total. The summed E-state index contributed by atoms with van der Waals surface area (Å²) in [5.74, 6) is 1.52. The Labute approximate surface area is 114 Å². The van der Waals surface area contributed by atoms with Crippen molar-refractivity contribution in [3.63, 3.8) is 0 Å². The first-order chi connectivity index (χ1) is 7.59. The van der Waals surface area contributed by atoms with E-state index in [9.17, 15) is 0 Å². The van der Waals surface area contributed by atoms with Gasteiger partial charge in [-0.1, -0.05) is 25.4 Å². The Balaban J connectivity index is 2.39. The molecule has 0 aliphatic carbocycles. The third-order valence-corrected chi connectivity index (χ3v) is 4.35. The highest BCUT2D eigenvalue weighted by Crippen LogP contribution is 2.29. The number of rotatable bonds is 2. The van der Waals surface area contributed by atoms with E-state index in [1.807, 2.05) is 0 Å². The second-order valence-corrected chi connectivity index (χ2v) is 5.72. The number of nitrogens with zero attached hydrogens (tertiary/aromatic N) is 2. The molecule has 1 fully saturated rings. The summed E-state index contributed by atoms with van der Waals surface area (Å²) in [6.07, 6.45) is 0.995. The van der Waals surface area contributed by atoms with Gasteiger partial charge in [0.1, 0.15) is 11.0 Å². The van der Waals surface area contributed by atoms with E-state index in [-0.39, 0.29) is 0 Å². The van der Waals surface area contributed by atoms with Crippen LogP contribution in [0.4, 0.5) is 0 Å². The molecular formula is C11H14ClIN2O. The Kier molecular flexibility index (Phi) is 4.02. The van der Waals surface area contributed by atoms with Crippen molar-refractivity contribution in [3.05, 3.63) is 20.2 Å². The van der Waals surface area contributed by atoms with Gasteiger partial charge in [-0.25, -0.2) is 9.97 Å². The molecular weight excluding hydrogens is 338 g/mol. The van der Waals surface area contributed by atoms with Gasteiger partial charge in [0.15, 0.2) is 0 Å². The molecule has 0 saturated carbocycles. The van der Waals surface area contributed by atoms with Crippen LogP contribution in [0.3, 0.4) is 0 Å². The predicted molar refractivity (Wildman–Crippen MR) is 72.0 cm³/mol. The minimum Gasteiger partial charge on any atom is -0.381 e. The van der Waals surface area contributed by atoms with Crippen molar-refractivity contribution >= 4 is 34.2 Å². The maximum Gasteiger partial charge on any atom is 0.146 e. The molecule has 1 aliphatic heterocycles. The molecule has 2 rings (SSSR count). The van der Waals surface area contributed by atoms with Crippen LogP contribution in [0.1, 0.15) is 43.6 Å².